The van der Waals surface area contributed by atoms with Gasteiger partial charge >= 0.3 is 0 Å². The molecule has 0 N–H and O–H groups in total. The molecule has 0 bridgehead atoms. The molecule has 1 atom stereocenters. The lowest BCUT2D eigenvalue weighted by Crippen LogP contribution is -2.44. The normalized spacial score (nSPS) is 17.0. The van der Waals surface area contributed by atoms with E-state index in [1.807, 2.05) is 0 Å². The minimum Gasteiger partial charge on any atom is -0.487 e. The summed E-state index contributed by atoms with van der Waals surface area (Å²) in [5.41, 5.74) is -0.0606. The maximum Gasteiger partial charge on any atom is 0.288 e. The maximum atomic E-state index is 12.7. The topological polar surface area (TPSA) is 85.6 Å². The van der Waals surface area contributed by atoms with Crippen LogP contribution in [0.4, 0.5) is 5.69 Å². The number of nitro groups is 1. The molecule has 1 unspecified atom stereocenters. The molecule has 9 heteroatoms. The third kappa shape index (κ3) is 4.05. The van der Waals surface area contributed by atoms with Gasteiger partial charge in [0.05, 0.1) is 11.5 Å². The molecule has 136 valence electrons. The molecule has 0 spiro atoms. The van der Waals surface area contributed by atoms with Gasteiger partial charge in [0.1, 0.15) is 21.9 Å². The molecule has 1 fully saturated rings. The van der Waals surface area contributed by atoms with Crippen molar-refractivity contribution in [2.45, 2.75) is 18.9 Å². The van der Waals surface area contributed by atoms with Gasteiger partial charge in [-0.3, -0.25) is 19.9 Å². The van der Waals surface area contributed by atoms with Crippen molar-refractivity contribution in [1.82, 2.24) is 9.88 Å². The first-order valence-electron chi connectivity index (χ1n) is 7.95. The van der Waals surface area contributed by atoms with Gasteiger partial charge < -0.3 is 9.64 Å². The van der Waals surface area contributed by atoms with E-state index in [1.54, 1.807) is 17.2 Å². The number of hydrogen-bond acceptors (Lipinski definition) is 5. The van der Waals surface area contributed by atoms with Crippen molar-refractivity contribution in [2.75, 3.05) is 13.1 Å². The first-order valence-corrected chi connectivity index (χ1v) is 8.70. The van der Waals surface area contributed by atoms with Crippen molar-refractivity contribution in [3.05, 3.63) is 62.4 Å². The fraction of sp³-hybridized carbons (Fsp3) is 0.294. The largest absolute Gasteiger partial charge is 0.487 e. The van der Waals surface area contributed by atoms with E-state index in [0.29, 0.717) is 23.9 Å². The summed E-state index contributed by atoms with van der Waals surface area (Å²) in [5, 5.41) is 11.4. The Morgan fingerprint density at radius 1 is 1.31 bits per heavy atom. The molecule has 7 nitrogen and oxygen atoms in total. The quantitative estimate of drug-likeness (QED) is 0.577. The Morgan fingerprint density at radius 3 is 2.85 bits per heavy atom. The number of carbonyl (C=O) groups excluding carboxylic acids is 1. The van der Waals surface area contributed by atoms with E-state index >= 15 is 0 Å². The number of hydrogen-bond donors (Lipinski definition) is 0. The van der Waals surface area contributed by atoms with Gasteiger partial charge in [-0.15, -0.1) is 0 Å². The summed E-state index contributed by atoms with van der Waals surface area (Å²) in [4.78, 5) is 28.7. The van der Waals surface area contributed by atoms with Crippen LogP contribution in [0.1, 0.15) is 23.2 Å². The Balaban J connectivity index is 1.73. The van der Waals surface area contributed by atoms with Crippen LogP contribution in [0.5, 0.6) is 5.75 Å². The molecule has 1 saturated heterocycles. The van der Waals surface area contributed by atoms with Crippen LogP contribution >= 0.6 is 23.2 Å². The second-order valence-corrected chi connectivity index (χ2v) is 6.68. The monoisotopic (exact) mass is 395 g/mol. The number of aromatic nitrogens is 1. The van der Waals surface area contributed by atoms with E-state index < -0.39 is 4.92 Å². The van der Waals surface area contributed by atoms with Gasteiger partial charge in [-0.05, 0) is 25.0 Å². The maximum absolute atomic E-state index is 12.7. The molecule has 0 aliphatic carbocycles. The first-order chi connectivity index (χ1) is 12.5. The molecule has 2 heterocycles. The Labute approximate surface area is 159 Å². The number of pyridine rings is 1. The number of nitrogens with zero attached hydrogens (tertiary/aromatic N) is 3. The fourth-order valence-electron chi connectivity index (χ4n) is 2.82. The minimum absolute atomic E-state index is 0.00117. The first kappa shape index (κ1) is 18.4. The third-order valence-electron chi connectivity index (χ3n) is 4.08. The fourth-order valence-corrected chi connectivity index (χ4v) is 3.18. The Bertz CT molecular complexity index is 847. The summed E-state index contributed by atoms with van der Waals surface area (Å²) in [7, 11) is 0. The lowest BCUT2D eigenvalue weighted by atomic mass is 10.1. The highest BCUT2D eigenvalue weighted by atomic mass is 35.5. The van der Waals surface area contributed by atoms with Gasteiger partial charge in [0.2, 0.25) is 0 Å². The van der Waals surface area contributed by atoms with E-state index in [9.17, 15) is 14.9 Å². The van der Waals surface area contributed by atoms with Crippen LogP contribution in [0.25, 0.3) is 0 Å². The summed E-state index contributed by atoms with van der Waals surface area (Å²) < 4.78 is 5.89. The highest BCUT2D eigenvalue weighted by molar-refractivity contribution is 6.32. The number of amides is 1. The smallest absolute Gasteiger partial charge is 0.288 e. The van der Waals surface area contributed by atoms with Gasteiger partial charge in [-0.2, -0.15) is 0 Å². The molecule has 1 aliphatic rings. The molecular formula is C17H15Cl2N3O4. The Morgan fingerprint density at radius 2 is 2.12 bits per heavy atom. The third-order valence-corrected chi connectivity index (χ3v) is 4.69. The number of nitro benzene ring substituents is 1. The molecule has 1 aliphatic heterocycles. The van der Waals surface area contributed by atoms with Crippen LogP contribution in [-0.2, 0) is 0 Å². The van der Waals surface area contributed by atoms with E-state index in [4.69, 9.17) is 27.9 Å². The van der Waals surface area contributed by atoms with Crippen molar-refractivity contribution < 1.29 is 14.5 Å². The predicted molar refractivity (Wildman–Crippen MR) is 96.9 cm³/mol. The van der Waals surface area contributed by atoms with Crippen LogP contribution in [-0.4, -0.2) is 39.9 Å². The average Bonchev–Trinajstić information content (AvgIpc) is 2.63. The van der Waals surface area contributed by atoms with Crippen molar-refractivity contribution in [2.24, 2.45) is 0 Å². The number of benzene rings is 1. The molecule has 1 aromatic heterocycles. The van der Waals surface area contributed by atoms with Crippen LogP contribution in [0, 0.1) is 10.1 Å². The van der Waals surface area contributed by atoms with Gasteiger partial charge in [0.15, 0.2) is 0 Å². The van der Waals surface area contributed by atoms with E-state index in [2.05, 4.69) is 4.98 Å². The van der Waals surface area contributed by atoms with Crippen molar-refractivity contribution in [1.29, 1.82) is 0 Å². The zero-order valence-corrected chi connectivity index (χ0v) is 15.1. The van der Waals surface area contributed by atoms with E-state index in [-0.39, 0.29) is 28.3 Å². The number of likely N-dealkylation sites (tertiary alicyclic amines) is 1. The van der Waals surface area contributed by atoms with Gasteiger partial charge in [0.25, 0.3) is 11.6 Å². The Kier molecular flexibility index (Phi) is 5.58. The molecular weight excluding hydrogens is 381 g/mol. The van der Waals surface area contributed by atoms with Crippen LogP contribution in [0.3, 0.4) is 0 Å². The summed E-state index contributed by atoms with van der Waals surface area (Å²) in [5.74, 6) is 0.224. The Hall–Kier alpha value is -2.38. The molecule has 3 rings (SSSR count). The van der Waals surface area contributed by atoms with E-state index in [1.165, 1.54) is 24.4 Å². The molecule has 0 saturated carbocycles. The lowest BCUT2D eigenvalue weighted by molar-refractivity contribution is -0.384. The summed E-state index contributed by atoms with van der Waals surface area (Å²) >= 11 is 11.9. The zero-order valence-electron chi connectivity index (χ0n) is 13.6. The number of ether oxygens (including phenoxy) is 1. The summed E-state index contributed by atoms with van der Waals surface area (Å²) in [6.07, 6.45) is 4.41. The van der Waals surface area contributed by atoms with Crippen molar-refractivity contribution in [3.63, 3.8) is 0 Å². The van der Waals surface area contributed by atoms with Crippen molar-refractivity contribution in [3.8, 4) is 5.75 Å². The van der Waals surface area contributed by atoms with Crippen LogP contribution in [0.15, 0.2) is 36.7 Å². The average molecular weight is 396 g/mol. The lowest BCUT2D eigenvalue weighted by Gasteiger charge is -2.33. The second-order valence-electron chi connectivity index (χ2n) is 5.86. The number of piperidine rings is 1. The molecule has 1 amide bonds. The van der Waals surface area contributed by atoms with Crippen LogP contribution < -0.4 is 4.74 Å². The molecule has 1 aromatic carbocycles. The molecule has 2 aromatic rings. The van der Waals surface area contributed by atoms with Gasteiger partial charge in [0, 0.05) is 36.6 Å². The second kappa shape index (κ2) is 7.88. The summed E-state index contributed by atoms with van der Waals surface area (Å²) in [6.45, 7) is 0.924. The van der Waals surface area contributed by atoms with E-state index in [0.717, 1.165) is 12.8 Å². The SMILES string of the molecule is O=C(c1ccc(Cl)c([N+](=O)[O-])c1)N1CCCC(Oc2ccncc2Cl)C1. The number of halogens is 2. The number of carbonyl (C=O) groups is 1. The predicted octanol–water partition coefficient (Wildman–Crippen LogP) is 3.98. The standard InChI is InChI=1S/C17H15Cl2N3O4/c18-13-4-3-11(8-15(13)22(24)25)17(23)21-7-1-2-12(10-21)26-16-5-6-20-9-14(16)19/h3-6,8-9,12H,1-2,7,10H2. The highest BCUT2D eigenvalue weighted by Gasteiger charge is 2.27. The van der Waals surface area contributed by atoms with Crippen molar-refractivity contribution >= 4 is 34.8 Å². The highest BCUT2D eigenvalue weighted by Crippen LogP contribution is 2.28. The molecule has 26 heavy (non-hydrogen) atoms. The van der Waals surface area contributed by atoms with Gasteiger partial charge in [-0.25, -0.2) is 0 Å². The number of rotatable bonds is 4. The van der Waals surface area contributed by atoms with Crippen LogP contribution in [0.2, 0.25) is 10.0 Å². The summed E-state index contributed by atoms with van der Waals surface area (Å²) in [6, 6.07) is 5.73. The van der Waals surface area contributed by atoms with Gasteiger partial charge in [-0.1, -0.05) is 23.2 Å². The minimum atomic E-state index is -0.604. The zero-order chi connectivity index (χ0) is 18.7. The molecule has 0 radical (unpaired) electrons.